The van der Waals surface area contributed by atoms with Crippen molar-refractivity contribution in [2.45, 2.75) is 102 Å². The number of carbonyl (C=O) groups excluding carboxylic acids is 1. The Hall–Kier alpha value is -0.570. The van der Waals surface area contributed by atoms with Crippen molar-refractivity contribution in [1.82, 2.24) is 10.6 Å². The average Bonchev–Trinajstić information content (AvgIpc) is 2.51. The molecule has 21 heavy (non-hydrogen) atoms. The molecule has 1 saturated heterocycles. The summed E-state index contributed by atoms with van der Waals surface area (Å²) in [6.45, 7) is 1.00. The van der Waals surface area contributed by atoms with Crippen LogP contribution in [0.25, 0.3) is 0 Å². The van der Waals surface area contributed by atoms with Gasteiger partial charge in [-0.2, -0.15) is 0 Å². The number of hydrogen-bond donors (Lipinski definition) is 2. The Bertz CT molecular complexity index is 275. The van der Waals surface area contributed by atoms with Crippen molar-refractivity contribution < 1.29 is 4.79 Å². The Balaban J connectivity index is 1.75. The van der Waals surface area contributed by atoms with Crippen molar-refractivity contribution in [3.8, 4) is 0 Å². The molecule has 3 heteroatoms. The lowest BCUT2D eigenvalue weighted by Gasteiger charge is -2.26. The Morgan fingerprint density at radius 3 is 1.76 bits per heavy atom. The van der Waals surface area contributed by atoms with E-state index in [2.05, 4.69) is 10.6 Å². The number of nitrogens with one attached hydrogen (secondary N) is 2. The van der Waals surface area contributed by atoms with Crippen LogP contribution in [0, 0.1) is 0 Å². The van der Waals surface area contributed by atoms with E-state index in [0.29, 0.717) is 6.04 Å². The summed E-state index contributed by atoms with van der Waals surface area (Å²) in [7, 11) is 0. The molecule has 2 N–H and O–H groups in total. The van der Waals surface area contributed by atoms with E-state index in [9.17, 15) is 4.79 Å². The molecule has 0 aromatic heterocycles. The molecule has 122 valence electrons. The zero-order valence-corrected chi connectivity index (χ0v) is 13.7. The van der Waals surface area contributed by atoms with E-state index in [0.717, 1.165) is 13.0 Å². The van der Waals surface area contributed by atoms with E-state index < -0.39 is 0 Å². The first-order valence-corrected chi connectivity index (χ1v) is 9.40. The number of rotatable bonds is 2. The third-order valence-electron chi connectivity index (χ3n) is 5.08. The van der Waals surface area contributed by atoms with Crippen molar-refractivity contribution in [3.63, 3.8) is 0 Å². The second kappa shape index (κ2) is 10.2. The first kappa shape index (κ1) is 16.8. The zero-order chi connectivity index (χ0) is 14.8. The van der Waals surface area contributed by atoms with Gasteiger partial charge in [0, 0.05) is 6.04 Å². The van der Waals surface area contributed by atoms with Gasteiger partial charge in [0.25, 0.3) is 0 Å². The predicted octanol–water partition coefficient (Wildman–Crippen LogP) is 3.92. The van der Waals surface area contributed by atoms with Gasteiger partial charge in [-0.1, -0.05) is 64.2 Å². The van der Waals surface area contributed by atoms with Crippen LogP contribution in [0.4, 0.5) is 0 Å². The van der Waals surface area contributed by atoms with Gasteiger partial charge >= 0.3 is 0 Å². The predicted molar refractivity (Wildman–Crippen MR) is 88.4 cm³/mol. The van der Waals surface area contributed by atoms with Crippen LogP contribution in [-0.2, 0) is 4.79 Å². The summed E-state index contributed by atoms with van der Waals surface area (Å²) in [5, 5.41) is 6.70. The lowest BCUT2D eigenvalue weighted by Crippen LogP contribution is -2.49. The van der Waals surface area contributed by atoms with Crippen LogP contribution in [0.2, 0.25) is 0 Å². The molecule has 1 aliphatic carbocycles. The van der Waals surface area contributed by atoms with E-state index in [-0.39, 0.29) is 11.9 Å². The van der Waals surface area contributed by atoms with Gasteiger partial charge in [-0.05, 0) is 32.2 Å². The highest BCUT2D eigenvalue weighted by Gasteiger charge is 2.22. The van der Waals surface area contributed by atoms with Crippen LogP contribution in [0.3, 0.4) is 0 Å². The molecular weight excluding hydrogens is 260 g/mol. The minimum absolute atomic E-state index is 0.0696. The van der Waals surface area contributed by atoms with E-state index >= 15 is 0 Å². The smallest absolute Gasteiger partial charge is 0.237 e. The molecule has 0 radical (unpaired) electrons. The van der Waals surface area contributed by atoms with Gasteiger partial charge in [0.2, 0.25) is 5.91 Å². The van der Waals surface area contributed by atoms with Crippen molar-refractivity contribution in [3.05, 3.63) is 0 Å². The molecule has 1 aliphatic heterocycles. The monoisotopic (exact) mass is 294 g/mol. The third-order valence-corrected chi connectivity index (χ3v) is 5.08. The molecule has 1 atom stereocenters. The number of piperidine rings is 1. The maximum absolute atomic E-state index is 12.4. The first-order chi connectivity index (χ1) is 10.4. The maximum atomic E-state index is 12.4. The Morgan fingerprint density at radius 2 is 1.24 bits per heavy atom. The summed E-state index contributed by atoms with van der Waals surface area (Å²) < 4.78 is 0. The quantitative estimate of drug-likeness (QED) is 0.810. The van der Waals surface area contributed by atoms with Gasteiger partial charge in [0.15, 0.2) is 0 Å². The molecule has 3 nitrogen and oxygen atoms in total. The molecule has 2 fully saturated rings. The molecule has 0 spiro atoms. The fourth-order valence-electron chi connectivity index (χ4n) is 3.68. The third kappa shape index (κ3) is 6.82. The topological polar surface area (TPSA) is 41.1 Å². The second-order valence-corrected chi connectivity index (χ2v) is 6.97. The van der Waals surface area contributed by atoms with Gasteiger partial charge in [-0.15, -0.1) is 0 Å². The van der Waals surface area contributed by atoms with Crippen LogP contribution >= 0.6 is 0 Å². The Kier molecular flexibility index (Phi) is 8.16. The van der Waals surface area contributed by atoms with Gasteiger partial charge in [0.05, 0.1) is 6.04 Å². The van der Waals surface area contributed by atoms with Crippen LogP contribution in [-0.4, -0.2) is 24.5 Å². The summed E-state index contributed by atoms with van der Waals surface area (Å²) >= 11 is 0. The van der Waals surface area contributed by atoms with Crippen LogP contribution < -0.4 is 10.6 Å². The van der Waals surface area contributed by atoms with E-state index in [1.54, 1.807) is 0 Å². The molecule has 1 saturated carbocycles. The molecule has 0 aromatic carbocycles. The average molecular weight is 294 g/mol. The summed E-state index contributed by atoms with van der Waals surface area (Å²) in [4.78, 5) is 12.4. The lowest BCUT2D eigenvalue weighted by molar-refractivity contribution is -0.124. The molecule has 1 unspecified atom stereocenters. The second-order valence-electron chi connectivity index (χ2n) is 6.97. The Labute approximate surface area is 130 Å². The van der Waals surface area contributed by atoms with E-state index in [4.69, 9.17) is 0 Å². The normalized spacial score (nSPS) is 27.3. The molecule has 0 aromatic rings. The van der Waals surface area contributed by atoms with Crippen molar-refractivity contribution in [2.75, 3.05) is 6.54 Å². The molecule has 1 amide bonds. The van der Waals surface area contributed by atoms with Gasteiger partial charge in [-0.25, -0.2) is 0 Å². The molecule has 0 bridgehead atoms. The van der Waals surface area contributed by atoms with Crippen LogP contribution in [0.15, 0.2) is 0 Å². The molecule has 2 rings (SSSR count). The first-order valence-electron chi connectivity index (χ1n) is 9.40. The molecule has 2 aliphatic rings. The molecule has 1 heterocycles. The maximum Gasteiger partial charge on any atom is 0.237 e. The van der Waals surface area contributed by atoms with Gasteiger partial charge < -0.3 is 10.6 Å². The SMILES string of the molecule is O=C(NC1CCCCCCCCCCC1)C1CCCCN1. The number of amides is 1. The van der Waals surface area contributed by atoms with Gasteiger partial charge in [0.1, 0.15) is 0 Å². The minimum Gasteiger partial charge on any atom is -0.352 e. The standard InChI is InChI=1S/C18H34N2O/c21-18(17-14-10-11-15-19-17)20-16-12-8-6-4-2-1-3-5-7-9-13-16/h16-17,19H,1-15H2,(H,20,21). The summed E-state index contributed by atoms with van der Waals surface area (Å²) in [5.74, 6) is 0.256. The fourth-order valence-corrected chi connectivity index (χ4v) is 3.68. The van der Waals surface area contributed by atoms with Crippen molar-refractivity contribution >= 4 is 5.91 Å². The highest BCUT2D eigenvalue weighted by molar-refractivity contribution is 5.82. The van der Waals surface area contributed by atoms with E-state index in [1.165, 1.54) is 83.5 Å². The minimum atomic E-state index is 0.0696. The van der Waals surface area contributed by atoms with Crippen molar-refractivity contribution in [2.24, 2.45) is 0 Å². The number of carbonyl (C=O) groups is 1. The van der Waals surface area contributed by atoms with Crippen molar-refractivity contribution in [1.29, 1.82) is 0 Å². The summed E-state index contributed by atoms with van der Waals surface area (Å²) in [5.41, 5.74) is 0. The summed E-state index contributed by atoms with van der Waals surface area (Å²) in [6, 6.07) is 0.487. The fraction of sp³-hybridized carbons (Fsp3) is 0.944. The lowest BCUT2D eigenvalue weighted by atomic mass is 9.97. The van der Waals surface area contributed by atoms with Gasteiger partial charge in [-0.3, -0.25) is 4.79 Å². The Morgan fingerprint density at radius 1 is 0.714 bits per heavy atom. The zero-order valence-electron chi connectivity index (χ0n) is 13.7. The highest BCUT2D eigenvalue weighted by atomic mass is 16.2. The van der Waals surface area contributed by atoms with E-state index in [1.807, 2.05) is 0 Å². The molecular formula is C18H34N2O. The van der Waals surface area contributed by atoms with Crippen LogP contribution in [0.5, 0.6) is 0 Å². The summed E-state index contributed by atoms with van der Waals surface area (Å²) in [6.07, 6.45) is 18.0. The largest absolute Gasteiger partial charge is 0.352 e. The highest BCUT2D eigenvalue weighted by Crippen LogP contribution is 2.17. The number of hydrogen-bond acceptors (Lipinski definition) is 2. The van der Waals surface area contributed by atoms with Crippen LogP contribution in [0.1, 0.15) is 89.9 Å².